The molecular formula is C11H13N5O4S. The van der Waals surface area contributed by atoms with Gasteiger partial charge in [-0.2, -0.15) is 8.42 Å². The summed E-state index contributed by atoms with van der Waals surface area (Å²) in [7, 11) is -2.53. The van der Waals surface area contributed by atoms with Gasteiger partial charge in [0.1, 0.15) is 11.4 Å². The van der Waals surface area contributed by atoms with Crippen molar-refractivity contribution in [2.45, 2.75) is 5.03 Å². The van der Waals surface area contributed by atoms with Crippen LogP contribution in [0, 0.1) is 0 Å². The molecule has 21 heavy (non-hydrogen) atoms. The first-order valence-electron chi connectivity index (χ1n) is 5.65. The maximum Gasteiger partial charge on any atom is 0.279 e. The Labute approximate surface area is 120 Å². The molecule has 0 bridgehead atoms. The molecule has 5 N–H and O–H groups in total. The molecule has 112 valence electrons. The number of aromatic amines is 1. The van der Waals surface area contributed by atoms with E-state index < -0.39 is 10.0 Å². The number of H-pyrrole nitrogens is 1. The number of methoxy groups -OCH3 is 1. The predicted octanol–water partition coefficient (Wildman–Crippen LogP) is 0.314. The Morgan fingerprint density at radius 1 is 1.52 bits per heavy atom. The van der Waals surface area contributed by atoms with E-state index in [2.05, 4.69) is 19.8 Å². The molecule has 1 aromatic carbocycles. The number of nitrogens with two attached hydrogens (primary N) is 1. The number of hydrogen-bond acceptors (Lipinski definition) is 6. The van der Waals surface area contributed by atoms with Gasteiger partial charge in [-0.15, -0.1) is 0 Å². The highest BCUT2D eigenvalue weighted by Crippen LogP contribution is 2.30. The number of sulfonamides is 1. The van der Waals surface area contributed by atoms with E-state index in [1.54, 1.807) is 12.1 Å². The highest BCUT2D eigenvalue weighted by molar-refractivity contribution is 7.92. The first-order chi connectivity index (χ1) is 9.99. The molecule has 1 heterocycles. The van der Waals surface area contributed by atoms with Gasteiger partial charge < -0.3 is 20.7 Å². The van der Waals surface area contributed by atoms with Gasteiger partial charge in [-0.1, -0.05) is 11.2 Å². The Hall–Kier alpha value is -2.75. The number of nitrogens with zero attached hydrogens (tertiary/aromatic N) is 2. The van der Waals surface area contributed by atoms with E-state index >= 15 is 0 Å². The Bertz CT molecular complexity index is 755. The smallest absolute Gasteiger partial charge is 0.279 e. The molecular weight excluding hydrogens is 298 g/mol. The molecule has 0 saturated heterocycles. The van der Waals surface area contributed by atoms with Crippen LogP contribution in [0.15, 0.2) is 40.9 Å². The van der Waals surface area contributed by atoms with Gasteiger partial charge in [0.25, 0.3) is 10.0 Å². The van der Waals surface area contributed by atoms with Crippen LogP contribution in [0.3, 0.4) is 0 Å². The predicted molar refractivity (Wildman–Crippen MR) is 74.9 cm³/mol. The molecule has 2 rings (SSSR count). The molecule has 0 unspecified atom stereocenters. The standard InChI is InChI=1S/C11H13N5O4S/c1-20-8-4-2-3-7(11(12)15-17)10(8)16-21(18,19)9-5-13-6-14-9/h2-6,16-17H,1H3,(H2,12,15)(H,13,14). The van der Waals surface area contributed by atoms with Gasteiger partial charge in [0.2, 0.25) is 0 Å². The van der Waals surface area contributed by atoms with Gasteiger partial charge in [-0.25, -0.2) is 4.98 Å². The van der Waals surface area contributed by atoms with Gasteiger partial charge in [-0.05, 0) is 12.1 Å². The van der Waals surface area contributed by atoms with E-state index in [0.717, 1.165) is 6.20 Å². The number of benzene rings is 1. The minimum absolute atomic E-state index is 0.0601. The topological polar surface area (TPSA) is 143 Å². The number of anilines is 1. The Balaban J connectivity index is 2.53. The van der Waals surface area contributed by atoms with Crippen LogP contribution < -0.4 is 15.2 Å². The highest BCUT2D eigenvalue weighted by Gasteiger charge is 2.21. The number of aromatic nitrogens is 2. The van der Waals surface area contributed by atoms with E-state index in [0.29, 0.717) is 0 Å². The van der Waals surface area contributed by atoms with Gasteiger partial charge in [0.15, 0.2) is 10.9 Å². The summed E-state index contributed by atoms with van der Waals surface area (Å²) in [5.41, 5.74) is 5.79. The molecule has 0 aliphatic heterocycles. The normalized spacial score (nSPS) is 12.1. The second-order valence-electron chi connectivity index (χ2n) is 3.89. The maximum absolute atomic E-state index is 12.2. The monoisotopic (exact) mass is 311 g/mol. The van der Waals surface area contributed by atoms with E-state index in [4.69, 9.17) is 15.7 Å². The molecule has 0 aliphatic carbocycles. The molecule has 2 aromatic rings. The molecule has 1 aromatic heterocycles. The second-order valence-corrected chi connectivity index (χ2v) is 5.54. The molecule has 0 aliphatic rings. The van der Waals surface area contributed by atoms with E-state index in [1.807, 2.05) is 0 Å². The molecule has 0 amide bonds. The SMILES string of the molecule is COc1cccc(/C(N)=N/O)c1NS(=O)(=O)c1cnc[nH]1. The van der Waals surface area contributed by atoms with Gasteiger partial charge in [0.05, 0.1) is 19.6 Å². The summed E-state index contributed by atoms with van der Waals surface area (Å²) in [5.74, 6) is -0.0293. The molecule has 9 nitrogen and oxygen atoms in total. The molecule has 10 heteroatoms. The lowest BCUT2D eigenvalue weighted by atomic mass is 10.1. The van der Waals surface area contributed by atoms with Crippen molar-refractivity contribution in [3.8, 4) is 5.75 Å². The van der Waals surface area contributed by atoms with Crippen LogP contribution >= 0.6 is 0 Å². The van der Waals surface area contributed by atoms with Crippen molar-refractivity contribution in [3.63, 3.8) is 0 Å². The van der Waals surface area contributed by atoms with Crippen molar-refractivity contribution in [2.75, 3.05) is 11.8 Å². The number of nitrogens with one attached hydrogen (secondary N) is 2. The molecule has 0 spiro atoms. The van der Waals surface area contributed by atoms with Crippen molar-refractivity contribution in [3.05, 3.63) is 36.3 Å². The van der Waals surface area contributed by atoms with Crippen LogP contribution in [0.4, 0.5) is 5.69 Å². The lowest BCUT2D eigenvalue weighted by Crippen LogP contribution is -2.20. The van der Waals surface area contributed by atoms with E-state index in [-0.39, 0.29) is 27.9 Å². The average Bonchev–Trinajstić information content (AvgIpc) is 3.01. The number of hydrogen-bond donors (Lipinski definition) is 4. The first kappa shape index (κ1) is 14.7. The fourth-order valence-corrected chi connectivity index (χ4v) is 2.65. The third-order valence-corrected chi connectivity index (χ3v) is 3.90. The van der Waals surface area contributed by atoms with Crippen LogP contribution in [-0.2, 0) is 10.0 Å². The Kier molecular flexibility index (Phi) is 3.98. The summed E-state index contributed by atoms with van der Waals surface area (Å²) in [4.78, 5) is 6.14. The third-order valence-electron chi connectivity index (χ3n) is 2.63. The van der Waals surface area contributed by atoms with Crippen molar-refractivity contribution < 1.29 is 18.4 Å². The summed E-state index contributed by atoms with van der Waals surface area (Å²) in [6.07, 6.45) is 2.39. The van der Waals surface area contributed by atoms with Gasteiger partial charge in [0, 0.05) is 5.56 Å². The van der Waals surface area contributed by atoms with Crippen LogP contribution in [0.2, 0.25) is 0 Å². The van der Waals surface area contributed by atoms with Crippen molar-refractivity contribution in [1.82, 2.24) is 9.97 Å². The fraction of sp³-hybridized carbons (Fsp3) is 0.0909. The average molecular weight is 311 g/mol. The van der Waals surface area contributed by atoms with Crippen LogP contribution in [-0.4, -0.2) is 36.5 Å². The summed E-state index contributed by atoms with van der Waals surface area (Å²) < 4.78 is 31.9. The molecule has 0 radical (unpaired) electrons. The summed E-state index contributed by atoms with van der Waals surface area (Å²) >= 11 is 0. The second kappa shape index (κ2) is 5.71. The highest BCUT2D eigenvalue weighted by atomic mass is 32.2. The van der Waals surface area contributed by atoms with Crippen molar-refractivity contribution in [2.24, 2.45) is 10.9 Å². The van der Waals surface area contributed by atoms with Crippen LogP contribution in [0.5, 0.6) is 5.75 Å². The number of para-hydroxylation sites is 1. The number of amidine groups is 1. The lowest BCUT2D eigenvalue weighted by Gasteiger charge is -2.14. The minimum atomic E-state index is -3.91. The Morgan fingerprint density at radius 3 is 2.86 bits per heavy atom. The van der Waals surface area contributed by atoms with Crippen molar-refractivity contribution in [1.29, 1.82) is 0 Å². The zero-order valence-electron chi connectivity index (χ0n) is 10.9. The Morgan fingerprint density at radius 2 is 2.29 bits per heavy atom. The number of imidazole rings is 1. The number of ether oxygens (including phenoxy) is 1. The largest absolute Gasteiger partial charge is 0.495 e. The first-order valence-corrected chi connectivity index (χ1v) is 7.14. The molecule has 0 atom stereocenters. The van der Waals surface area contributed by atoms with Crippen LogP contribution in [0.25, 0.3) is 0 Å². The zero-order valence-corrected chi connectivity index (χ0v) is 11.8. The number of oxime groups is 1. The fourth-order valence-electron chi connectivity index (χ4n) is 1.65. The summed E-state index contributed by atoms with van der Waals surface area (Å²) in [6, 6.07) is 4.61. The maximum atomic E-state index is 12.2. The molecule has 0 saturated carbocycles. The number of rotatable bonds is 5. The van der Waals surface area contributed by atoms with Gasteiger partial charge >= 0.3 is 0 Å². The summed E-state index contributed by atoms with van der Waals surface area (Å²) in [6.45, 7) is 0. The van der Waals surface area contributed by atoms with Crippen molar-refractivity contribution >= 4 is 21.5 Å². The van der Waals surface area contributed by atoms with E-state index in [1.165, 1.54) is 19.5 Å². The zero-order chi connectivity index (χ0) is 15.5. The van der Waals surface area contributed by atoms with Gasteiger partial charge in [-0.3, -0.25) is 4.72 Å². The lowest BCUT2D eigenvalue weighted by molar-refractivity contribution is 0.318. The van der Waals surface area contributed by atoms with E-state index in [9.17, 15) is 8.42 Å². The third kappa shape index (κ3) is 2.89. The quantitative estimate of drug-likeness (QED) is 0.271. The summed E-state index contributed by atoms with van der Waals surface area (Å²) in [5, 5.41) is 11.5. The van der Waals surface area contributed by atoms with Crippen LogP contribution in [0.1, 0.15) is 5.56 Å². The minimum Gasteiger partial charge on any atom is -0.495 e. The molecule has 0 fully saturated rings.